The summed E-state index contributed by atoms with van der Waals surface area (Å²) in [7, 11) is -0.932. The van der Waals surface area contributed by atoms with Crippen LogP contribution in [0.15, 0.2) is 23.4 Å². The third-order valence-electron chi connectivity index (χ3n) is 2.52. The second kappa shape index (κ2) is 7.22. The second-order valence-electron chi connectivity index (χ2n) is 5.62. The molecule has 0 spiro atoms. The topological polar surface area (TPSA) is 59.1 Å². The molecular formula is C14H22N2O2S2. The minimum Gasteiger partial charge on any atom is -0.351 e. The molecule has 20 heavy (non-hydrogen) atoms. The molecule has 0 aromatic carbocycles. The molecule has 1 aromatic rings. The highest BCUT2D eigenvalue weighted by Gasteiger charge is 2.15. The Labute approximate surface area is 127 Å². The number of hydrogen-bond acceptors (Lipinski definition) is 4. The highest BCUT2D eigenvalue weighted by molar-refractivity contribution is 8.00. The summed E-state index contributed by atoms with van der Waals surface area (Å²) in [6.07, 6.45) is 3.28. The molecule has 1 heterocycles. The quantitative estimate of drug-likeness (QED) is 0.848. The third-order valence-corrected chi connectivity index (χ3v) is 4.87. The molecule has 2 atom stereocenters. The van der Waals surface area contributed by atoms with Crippen LogP contribution in [-0.2, 0) is 10.8 Å². The van der Waals surface area contributed by atoms with Gasteiger partial charge in [0.1, 0.15) is 0 Å². The lowest BCUT2D eigenvalue weighted by atomic mass is 10.2. The van der Waals surface area contributed by atoms with Gasteiger partial charge in [0.2, 0.25) is 0 Å². The molecule has 0 bridgehead atoms. The van der Waals surface area contributed by atoms with Gasteiger partial charge >= 0.3 is 0 Å². The molecule has 112 valence electrons. The van der Waals surface area contributed by atoms with E-state index in [1.165, 1.54) is 0 Å². The number of hydrogen-bond donors (Lipinski definition) is 1. The SMILES string of the molecule is C[C@@H](CNC(=O)c1ccnc(SC(C)(C)C)c1)[S@](C)=O. The number of pyridine rings is 1. The average Bonchev–Trinajstić information content (AvgIpc) is 2.33. The van der Waals surface area contributed by atoms with E-state index in [0.717, 1.165) is 5.03 Å². The van der Waals surface area contributed by atoms with Crippen molar-refractivity contribution in [1.29, 1.82) is 0 Å². The Morgan fingerprint density at radius 3 is 2.70 bits per heavy atom. The molecule has 1 rings (SSSR count). The minimum atomic E-state index is -0.932. The van der Waals surface area contributed by atoms with E-state index in [9.17, 15) is 9.00 Å². The fourth-order valence-electron chi connectivity index (χ4n) is 1.38. The minimum absolute atomic E-state index is 0.0513. The van der Waals surface area contributed by atoms with Crippen LogP contribution in [-0.4, -0.2) is 37.9 Å². The largest absolute Gasteiger partial charge is 0.351 e. The Bertz CT molecular complexity index is 498. The molecular weight excluding hydrogens is 292 g/mol. The van der Waals surface area contributed by atoms with Crippen molar-refractivity contribution in [2.75, 3.05) is 12.8 Å². The van der Waals surface area contributed by atoms with Gasteiger partial charge in [-0.25, -0.2) is 4.98 Å². The van der Waals surface area contributed by atoms with Crippen molar-refractivity contribution in [1.82, 2.24) is 10.3 Å². The Balaban J connectivity index is 2.69. The number of thioether (sulfide) groups is 1. The van der Waals surface area contributed by atoms with Crippen molar-refractivity contribution in [3.05, 3.63) is 23.9 Å². The third kappa shape index (κ3) is 6.05. The van der Waals surface area contributed by atoms with Crippen molar-refractivity contribution < 1.29 is 9.00 Å². The van der Waals surface area contributed by atoms with Gasteiger partial charge in [0, 0.05) is 45.4 Å². The van der Waals surface area contributed by atoms with Gasteiger partial charge in [-0.1, -0.05) is 20.8 Å². The Hall–Kier alpha value is -0.880. The summed E-state index contributed by atoms with van der Waals surface area (Å²) in [6, 6.07) is 3.48. The highest BCUT2D eigenvalue weighted by Crippen LogP contribution is 2.30. The molecule has 1 N–H and O–H groups in total. The Kier molecular flexibility index (Phi) is 6.20. The zero-order valence-corrected chi connectivity index (χ0v) is 14.2. The van der Waals surface area contributed by atoms with Crippen molar-refractivity contribution in [3.63, 3.8) is 0 Å². The molecule has 0 fully saturated rings. The summed E-state index contributed by atoms with van der Waals surface area (Å²) in [4.78, 5) is 16.3. The van der Waals surface area contributed by atoms with Crippen LogP contribution in [0.1, 0.15) is 38.1 Å². The lowest BCUT2D eigenvalue weighted by Crippen LogP contribution is -2.32. The predicted octanol–water partition coefficient (Wildman–Crippen LogP) is 2.47. The van der Waals surface area contributed by atoms with E-state index in [1.807, 2.05) is 6.92 Å². The van der Waals surface area contributed by atoms with Crippen LogP contribution in [0.5, 0.6) is 0 Å². The molecule has 0 saturated heterocycles. The van der Waals surface area contributed by atoms with E-state index in [-0.39, 0.29) is 15.9 Å². The zero-order chi connectivity index (χ0) is 15.3. The van der Waals surface area contributed by atoms with Crippen molar-refractivity contribution in [2.24, 2.45) is 0 Å². The standard InChI is InChI=1S/C14H22N2O2S2/c1-10(20(5)18)9-16-13(17)11-6-7-15-12(8-11)19-14(2,3)4/h6-8,10H,9H2,1-5H3,(H,16,17)/t10-,20-/m0/s1. The molecule has 4 nitrogen and oxygen atoms in total. The number of aromatic nitrogens is 1. The Morgan fingerprint density at radius 2 is 2.15 bits per heavy atom. The molecule has 0 aliphatic heterocycles. The van der Waals surface area contributed by atoms with E-state index < -0.39 is 10.8 Å². The van der Waals surface area contributed by atoms with Gasteiger partial charge in [-0.2, -0.15) is 0 Å². The molecule has 6 heteroatoms. The lowest BCUT2D eigenvalue weighted by Gasteiger charge is -2.17. The maximum Gasteiger partial charge on any atom is 0.251 e. The zero-order valence-electron chi connectivity index (χ0n) is 12.6. The van der Waals surface area contributed by atoms with Crippen LogP contribution in [0.3, 0.4) is 0 Å². The highest BCUT2D eigenvalue weighted by atomic mass is 32.2. The summed E-state index contributed by atoms with van der Waals surface area (Å²) in [6.45, 7) is 8.56. The smallest absolute Gasteiger partial charge is 0.251 e. The first kappa shape index (κ1) is 17.2. The van der Waals surface area contributed by atoms with Crippen molar-refractivity contribution in [3.8, 4) is 0 Å². The fraction of sp³-hybridized carbons (Fsp3) is 0.571. The van der Waals surface area contributed by atoms with Crippen LogP contribution in [0.25, 0.3) is 0 Å². The van der Waals surface area contributed by atoms with Gasteiger partial charge in [0.05, 0.1) is 5.03 Å². The van der Waals surface area contributed by atoms with Crippen LogP contribution in [0, 0.1) is 0 Å². The number of rotatable bonds is 5. The van der Waals surface area contributed by atoms with Crippen molar-refractivity contribution >= 4 is 28.5 Å². The van der Waals surface area contributed by atoms with E-state index in [1.54, 1.807) is 36.3 Å². The van der Waals surface area contributed by atoms with Gasteiger partial charge in [-0.15, -0.1) is 11.8 Å². The van der Waals surface area contributed by atoms with Gasteiger partial charge in [-0.3, -0.25) is 9.00 Å². The van der Waals surface area contributed by atoms with E-state index in [4.69, 9.17) is 0 Å². The van der Waals surface area contributed by atoms with Gasteiger partial charge < -0.3 is 5.32 Å². The maximum absolute atomic E-state index is 12.0. The second-order valence-corrected chi connectivity index (χ2v) is 9.27. The van der Waals surface area contributed by atoms with Crippen LogP contribution >= 0.6 is 11.8 Å². The van der Waals surface area contributed by atoms with Crippen LogP contribution in [0.4, 0.5) is 0 Å². The fourth-order valence-corrected chi connectivity index (χ4v) is 2.62. The average molecular weight is 314 g/mol. The summed E-state index contributed by atoms with van der Waals surface area (Å²) in [5.41, 5.74) is 0.584. The number of carbonyl (C=O) groups is 1. The van der Waals surface area contributed by atoms with Crippen molar-refractivity contribution in [2.45, 2.75) is 42.7 Å². The Morgan fingerprint density at radius 1 is 1.50 bits per heavy atom. The summed E-state index contributed by atoms with van der Waals surface area (Å²) >= 11 is 1.62. The first-order chi connectivity index (χ1) is 9.19. The molecule has 1 aromatic heterocycles. The summed E-state index contributed by atoms with van der Waals surface area (Å²) in [5, 5.41) is 3.58. The van der Waals surface area contributed by atoms with E-state index in [0.29, 0.717) is 12.1 Å². The van der Waals surface area contributed by atoms with Gasteiger partial charge in [-0.05, 0) is 19.1 Å². The van der Waals surface area contributed by atoms with E-state index in [2.05, 4.69) is 31.1 Å². The molecule has 0 saturated carbocycles. The predicted molar refractivity (Wildman–Crippen MR) is 85.7 cm³/mol. The number of carbonyl (C=O) groups excluding carboxylic acids is 1. The monoisotopic (exact) mass is 314 g/mol. The number of nitrogens with zero attached hydrogens (tertiary/aromatic N) is 1. The first-order valence-corrected chi connectivity index (χ1v) is 8.88. The maximum atomic E-state index is 12.0. The van der Waals surface area contributed by atoms with Gasteiger partial charge in [0.15, 0.2) is 0 Å². The van der Waals surface area contributed by atoms with Crippen LogP contribution in [0.2, 0.25) is 0 Å². The molecule has 0 unspecified atom stereocenters. The summed E-state index contributed by atoms with van der Waals surface area (Å²) in [5.74, 6) is -0.152. The molecule has 0 radical (unpaired) electrons. The van der Waals surface area contributed by atoms with E-state index >= 15 is 0 Å². The van der Waals surface area contributed by atoms with Crippen LogP contribution < -0.4 is 5.32 Å². The normalized spacial score (nSPS) is 14.7. The lowest BCUT2D eigenvalue weighted by molar-refractivity contribution is 0.0953. The number of nitrogens with one attached hydrogen (secondary N) is 1. The molecule has 1 amide bonds. The molecule has 0 aliphatic carbocycles. The number of amides is 1. The van der Waals surface area contributed by atoms with Gasteiger partial charge in [0.25, 0.3) is 5.91 Å². The first-order valence-electron chi connectivity index (χ1n) is 6.44. The summed E-state index contributed by atoms with van der Waals surface area (Å²) < 4.78 is 11.3. The molecule has 0 aliphatic rings.